The molecule has 1 aromatic rings. The molecule has 1 N–H and O–H groups in total. The second-order valence-corrected chi connectivity index (χ2v) is 4.90. The molecule has 0 spiro atoms. The first-order chi connectivity index (χ1) is 9.60. The third-order valence-electron chi connectivity index (χ3n) is 3.34. The first-order valence-corrected chi connectivity index (χ1v) is 6.35. The summed E-state index contributed by atoms with van der Waals surface area (Å²) in [4.78, 5) is 12.0. The van der Waals surface area contributed by atoms with Crippen LogP contribution < -0.4 is 5.43 Å². The van der Waals surface area contributed by atoms with Gasteiger partial charge in [-0.15, -0.1) is 0 Å². The third kappa shape index (κ3) is 2.36. The number of hydrazone groups is 1. The lowest BCUT2D eigenvalue weighted by molar-refractivity contribution is -0.122. The first kappa shape index (κ1) is 14.0. The van der Waals surface area contributed by atoms with Crippen LogP contribution in [0.5, 0.6) is 0 Å². The van der Waals surface area contributed by atoms with Gasteiger partial charge in [0.05, 0.1) is 18.1 Å². The topological polar surface area (TPSA) is 89.0 Å². The Bertz CT molecular complexity index is 642. The van der Waals surface area contributed by atoms with Gasteiger partial charge in [0.25, 0.3) is 0 Å². The second-order valence-electron chi connectivity index (χ2n) is 4.49. The van der Waals surface area contributed by atoms with Crippen LogP contribution >= 0.6 is 11.6 Å². The lowest BCUT2D eigenvalue weighted by Crippen LogP contribution is -2.32. The molecule has 0 unspecified atom stereocenters. The van der Waals surface area contributed by atoms with Crippen LogP contribution in [0.2, 0.25) is 5.02 Å². The van der Waals surface area contributed by atoms with E-state index in [1.54, 1.807) is 31.2 Å². The largest absolute Gasteiger partial charge is 0.272 e. The number of nitrogens with one attached hydrogen (secondary N) is 1. The average molecular weight is 287 g/mol. The van der Waals surface area contributed by atoms with E-state index in [1.807, 2.05) is 12.1 Å². The van der Waals surface area contributed by atoms with Gasteiger partial charge in [0, 0.05) is 16.7 Å². The van der Waals surface area contributed by atoms with Crippen molar-refractivity contribution >= 4 is 23.2 Å². The van der Waals surface area contributed by atoms with Gasteiger partial charge in [-0.25, -0.2) is 5.43 Å². The zero-order valence-electron chi connectivity index (χ0n) is 10.7. The maximum absolute atomic E-state index is 12.0. The van der Waals surface area contributed by atoms with Gasteiger partial charge >= 0.3 is 0 Å². The fourth-order valence-corrected chi connectivity index (χ4v) is 2.64. The average Bonchev–Trinajstić information content (AvgIpc) is 2.77. The van der Waals surface area contributed by atoms with Crippen LogP contribution in [-0.4, -0.2) is 11.6 Å². The van der Waals surface area contributed by atoms with Gasteiger partial charge in [0.15, 0.2) is 0 Å². The highest BCUT2D eigenvalue weighted by atomic mass is 35.5. The highest BCUT2D eigenvalue weighted by molar-refractivity contribution is 6.31. The van der Waals surface area contributed by atoms with Gasteiger partial charge in [0.2, 0.25) is 5.91 Å². The van der Waals surface area contributed by atoms with E-state index in [2.05, 4.69) is 10.5 Å². The monoisotopic (exact) mass is 286 g/mol. The molecular weight excluding hydrogens is 276 g/mol. The highest BCUT2D eigenvalue weighted by Crippen LogP contribution is 2.38. The Morgan fingerprint density at radius 2 is 2.00 bits per heavy atom. The summed E-state index contributed by atoms with van der Waals surface area (Å²) < 4.78 is 0. The minimum Gasteiger partial charge on any atom is -0.272 e. The number of hydrogen-bond acceptors (Lipinski definition) is 4. The van der Waals surface area contributed by atoms with Crippen molar-refractivity contribution in [3.05, 3.63) is 34.9 Å². The standard InChI is InChI=1S/C14H11ClN4O/c1-8-12(14(20)19-18-8)13(9(6-16)7-17)10-4-2-3-5-11(10)15/h2-5,9,12-13H,1H3,(H,19,20)/t12-,13+/m1/s1. The van der Waals surface area contributed by atoms with Crippen molar-refractivity contribution in [1.29, 1.82) is 10.5 Å². The summed E-state index contributed by atoms with van der Waals surface area (Å²) in [7, 11) is 0. The Morgan fingerprint density at radius 1 is 1.35 bits per heavy atom. The fourth-order valence-electron chi connectivity index (χ4n) is 2.38. The van der Waals surface area contributed by atoms with Crippen LogP contribution in [0, 0.1) is 34.5 Å². The van der Waals surface area contributed by atoms with E-state index >= 15 is 0 Å². The zero-order chi connectivity index (χ0) is 14.7. The second kappa shape index (κ2) is 5.73. The number of rotatable bonds is 3. The van der Waals surface area contributed by atoms with E-state index in [4.69, 9.17) is 11.6 Å². The summed E-state index contributed by atoms with van der Waals surface area (Å²) in [5, 5.41) is 22.7. The van der Waals surface area contributed by atoms with Gasteiger partial charge in [-0.05, 0) is 18.6 Å². The fraction of sp³-hybridized carbons (Fsp3) is 0.286. The molecule has 0 bridgehead atoms. The Labute approximate surface area is 121 Å². The maximum Gasteiger partial charge on any atom is 0.249 e. The van der Waals surface area contributed by atoms with Gasteiger partial charge in [-0.2, -0.15) is 15.6 Å². The molecule has 5 nitrogen and oxygen atoms in total. The number of hydrogen-bond donors (Lipinski definition) is 1. The molecule has 2 atom stereocenters. The van der Waals surface area contributed by atoms with E-state index < -0.39 is 17.8 Å². The van der Waals surface area contributed by atoms with Crippen molar-refractivity contribution in [2.75, 3.05) is 0 Å². The Kier molecular flexibility index (Phi) is 4.02. The number of carbonyl (C=O) groups is 1. The molecule has 20 heavy (non-hydrogen) atoms. The number of halogens is 1. The number of carbonyl (C=O) groups excluding carboxylic acids is 1. The van der Waals surface area contributed by atoms with Gasteiger partial charge in [0.1, 0.15) is 5.92 Å². The predicted molar refractivity (Wildman–Crippen MR) is 73.7 cm³/mol. The molecule has 100 valence electrons. The van der Waals surface area contributed by atoms with Crippen LogP contribution in [-0.2, 0) is 4.79 Å². The predicted octanol–water partition coefficient (Wildman–Crippen LogP) is 2.21. The van der Waals surface area contributed by atoms with E-state index in [9.17, 15) is 15.3 Å². The Balaban J connectivity index is 2.55. The van der Waals surface area contributed by atoms with Gasteiger partial charge in [-0.1, -0.05) is 29.8 Å². The summed E-state index contributed by atoms with van der Waals surface area (Å²) >= 11 is 6.16. The van der Waals surface area contributed by atoms with Crippen LogP contribution in [0.1, 0.15) is 18.4 Å². The van der Waals surface area contributed by atoms with Crippen molar-refractivity contribution in [3.8, 4) is 12.1 Å². The highest BCUT2D eigenvalue weighted by Gasteiger charge is 2.41. The van der Waals surface area contributed by atoms with Crippen LogP contribution in [0.15, 0.2) is 29.4 Å². The lowest BCUT2D eigenvalue weighted by atomic mass is 9.76. The van der Waals surface area contributed by atoms with Crippen molar-refractivity contribution < 1.29 is 4.79 Å². The molecule has 6 heteroatoms. The smallest absolute Gasteiger partial charge is 0.249 e. The Morgan fingerprint density at radius 3 is 2.50 bits per heavy atom. The molecule has 1 aromatic carbocycles. The van der Waals surface area contributed by atoms with Gasteiger partial charge < -0.3 is 0 Å². The molecular formula is C14H11ClN4O. The van der Waals surface area contributed by atoms with E-state index in [0.717, 1.165) is 0 Å². The molecule has 1 aliphatic rings. The molecule has 0 saturated heterocycles. The molecule has 0 aliphatic carbocycles. The van der Waals surface area contributed by atoms with Crippen molar-refractivity contribution in [1.82, 2.24) is 5.43 Å². The molecule has 0 aromatic heterocycles. The summed E-state index contributed by atoms with van der Waals surface area (Å²) in [5.41, 5.74) is 3.54. The number of nitriles is 2. The molecule has 0 fully saturated rings. The van der Waals surface area contributed by atoms with E-state index in [0.29, 0.717) is 16.3 Å². The van der Waals surface area contributed by atoms with E-state index in [-0.39, 0.29) is 5.91 Å². The van der Waals surface area contributed by atoms with Crippen LogP contribution in [0.3, 0.4) is 0 Å². The molecule has 0 saturated carbocycles. The van der Waals surface area contributed by atoms with Gasteiger partial charge in [-0.3, -0.25) is 4.79 Å². The normalized spacial score (nSPS) is 18.9. The van der Waals surface area contributed by atoms with Crippen molar-refractivity contribution in [3.63, 3.8) is 0 Å². The number of amides is 1. The summed E-state index contributed by atoms with van der Waals surface area (Å²) in [6.07, 6.45) is 0. The molecule has 0 radical (unpaired) electrons. The van der Waals surface area contributed by atoms with Crippen molar-refractivity contribution in [2.45, 2.75) is 12.8 Å². The number of benzene rings is 1. The summed E-state index contributed by atoms with van der Waals surface area (Å²) in [6.45, 7) is 1.69. The van der Waals surface area contributed by atoms with Crippen LogP contribution in [0.4, 0.5) is 0 Å². The SMILES string of the molecule is CC1=NNC(=O)[C@H]1[C@H](c1ccccc1Cl)C(C#N)C#N. The molecule has 1 aliphatic heterocycles. The quantitative estimate of drug-likeness (QED) is 0.924. The Hall–Kier alpha value is -2.37. The van der Waals surface area contributed by atoms with Crippen LogP contribution in [0.25, 0.3) is 0 Å². The van der Waals surface area contributed by atoms with E-state index in [1.165, 1.54) is 0 Å². The minimum atomic E-state index is -0.978. The lowest BCUT2D eigenvalue weighted by Gasteiger charge is -2.23. The summed E-state index contributed by atoms with van der Waals surface area (Å²) in [5.74, 6) is -2.58. The minimum absolute atomic E-state index is 0.317. The third-order valence-corrected chi connectivity index (χ3v) is 3.68. The number of nitrogens with zero attached hydrogens (tertiary/aromatic N) is 3. The maximum atomic E-state index is 12.0. The molecule has 1 amide bonds. The molecule has 2 rings (SSSR count). The molecule has 1 heterocycles. The van der Waals surface area contributed by atoms with Crippen molar-refractivity contribution in [2.24, 2.45) is 16.9 Å². The summed E-state index contributed by atoms with van der Waals surface area (Å²) in [6, 6.07) is 10.8. The first-order valence-electron chi connectivity index (χ1n) is 5.97. The zero-order valence-corrected chi connectivity index (χ0v) is 11.4.